The summed E-state index contributed by atoms with van der Waals surface area (Å²) in [5, 5.41) is 3.29. The van der Waals surface area contributed by atoms with E-state index in [1.807, 2.05) is 43.3 Å². The number of carbonyl (C=O) groups excluding carboxylic acids is 2. The highest BCUT2D eigenvalue weighted by atomic mass is 16.5. The van der Waals surface area contributed by atoms with Crippen molar-refractivity contribution in [1.82, 2.24) is 5.32 Å². The number of fused-ring (bicyclic) bond motifs is 1. The molecule has 4 atom stereocenters. The van der Waals surface area contributed by atoms with Gasteiger partial charge in [0.2, 0.25) is 0 Å². The molecule has 5 nitrogen and oxygen atoms in total. The molecular weight excluding hydrogens is 438 g/mol. The van der Waals surface area contributed by atoms with Gasteiger partial charge in [-0.2, -0.15) is 0 Å². The minimum atomic E-state index is -0.194. The summed E-state index contributed by atoms with van der Waals surface area (Å²) in [4.78, 5) is 27.3. The summed E-state index contributed by atoms with van der Waals surface area (Å²) in [6, 6.07) is 13.0. The maximum Gasteiger partial charge on any atom is 0.251 e. The van der Waals surface area contributed by atoms with Crippen LogP contribution >= 0.6 is 0 Å². The van der Waals surface area contributed by atoms with E-state index in [2.05, 4.69) is 26.1 Å². The van der Waals surface area contributed by atoms with Crippen molar-refractivity contribution in [2.45, 2.75) is 65.8 Å². The van der Waals surface area contributed by atoms with Crippen molar-refractivity contribution < 1.29 is 19.1 Å². The molecule has 0 aromatic heterocycles. The minimum absolute atomic E-state index is 0.0556. The SMILES string of the molecule is COc1cc(OC)cc(C(=O)[C@H]2C[C@H](NC(=O)c3cccc(C)c3)C[C@H]3C(C)(C)CCC[C@]23C)c1. The number of aryl methyl sites for hydroxylation is 1. The number of carbonyl (C=O) groups is 2. The van der Waals surface area contributed by atoms with Gasteiger partial charge in [-0.3, -0.25) is 9.59 Å². The minimum Gasteiger partial charge on any atom is -0.497 e. The van der Waals surface area contributed by atoms with Crippen molar-refractivity contribution in [3.63, 3.8) is 0 Å². The van der Waals surface area contributed by atoms with E-state index in [4.69, 9.17) is 9.47 Å². The Morgan fingerprint density at radius 2 is 1.60 bits per heavy atom. The van der Waals surface area contributed by atoms with E-state index in [0.717, 1.165) is 31.2 Å². The molecule has 0 bridgehead atoms. The maximum atomic E-state index is 14.1. The smallest absolute Gasteiger partial charge is 0.251 e. The molecule has 2 aliphatic rings. The van der Waals surface area contributed by atoms with Gasteiger partial charge < -0.3 is 14.8 Å². The number of ether oxygens (including phenoxy) is 2. The molecule has 5 heteroatoms. The van der Waals surface area contributed by atoms with Gasteiger partial charge in [-0.05, 0) is 73.6 Å². The van der Waals surface area contributed by atoms with Gasteiger partial charge >= 0.3 is 0 Å². The first-order chi connectivity index (χ1) is 16.6. The molecule has 1 N–H and O–H groups in total. The normalized spacial score (nSPS) is 27.4. The van der Waals surface area contributed by atoms with Crippen molar-refractivity contribution in [2.75, 3.05) is 14.2 Å². The van der Waals surface area contributed by atoms with E-state index in [1.165, 1.54) is 0 Å². The van der Waals surface area contributed by atoms with Crippen LogP contribution in [0.2, 0.25) is 0 Å². The second-order valence-corrected chi connectivity index (χ2v) is 11.4. The third-order valence-electron chi connectivity index (χ3n) is 8.68. The van der Waals surface area contributed by atoms with Crippen LogP contribution < -0.4 is 14.8 Å². The fraction of sp³-hybridized carbons (Fsp3) is 0.533. The van der Waals surface area contributed by atoms with Crippen LogP contribution in [0.3, 0.4) is 0 Å². The van der Waals surface area contributed by atoms with Gasteiger partial charge in [0, 0.05) is 29.2 Å². The van der Waals surface area contributed by atoms with E-state index in [-0.39, 0.29) is 34.5 Å². The summed E-state index contributed by atoms with van der Waals surface area (Å²) in [5.41, 5.74) is 2.31. The number of ketones is 1. The lowest BCUT2D eigenvalue weighted by Crippen LogP contribution is -2.56. The van der Waals surface area contributed by atoms with Gasteiger partial charge in [-0.15, -0.1) is 0 Å². The fourth-order valence-electron chi connectivity index (χ4n) is 6.84. The van der Waals surface area contributed by atoms with Crippen molar-refractivity contribution >= 4 is 11.7 Å². The Morgan fingerprint density at radius 1 is 0.914 bits per heavy atom. The van der Waals surface area contributed by atoms with E-state index in [0.29, 0.717) is 35.0 Å². The van der Waals surface area contributed by atoms with Gasteiger partial charge in [-0.25, -0.2) is 0 Å². The molecule has 2 aromatic rings. The standard InChI is InChI=1S/C30H39NO4/c1-19-9-7-10-20(13-19)28(33)31-22-16-25(30(4)12-8-11-29(2,3)26(30)17-22)27(32)21-14-23(34-5)18-24(15-21)35-6/h7,9-10,13-15,18,22,25-26H,8,11-12,16-17H2,1-6H3,(H,31,33)/t22-,25+,26-,30+/m0/s1. The Hall–Kier alpha value is -2.82. The van der Waals surface area contributed by atoms with Gasteiger partial charge in [0.05, 0.1) is 14.2 Å². The molecule has 2 aliphatic carbocycles. The number of rotatable bonds is 6. The van der Waals surface area contributed by atoms with Gasteiger partial charge in [0.1, 0.15) is 11.5 Å². The predicted octanol–water partition coefficient (Wildman–Crippen LogP) is 6.24. The molecule has 2 aromatic carbocycles. The average Bonchev–Trinajstić information content (AvgIpc) is 2.83. The Labute approximate surface area is 209 Å². The second kappa shape index (κ2) is 9.67. The molecule has 188 valence electrons. The molecule has 35 heavy (non-hydrogen) atoms. The Bertz CT molecular complexity index is 1090. The molecule has 0 aliphatic heterocycles. The summed E-state index contributed by atoms with van der Waals surface area (Å²) < 4.78 is 10.9. The number of nitrogens with one attached hydrogen (secondary N) is 1. The molecule has 1 amide bonds. The lowest BCUT2D eigenvalue weighted by Gasteiger charge is -2.58. The molecule has 0 saturated heterocycles. The number of hydrogen-bond donors (Lipinski definition) is 1. The van der Waals surface area contributed by atoms with Crippen LogP contribution in [0.15, 0.2) is 42.5 Å². The maximum absolute atomic E-state index is 14.1. The molecule has 0 unspecified atom stereocenters. The van der Waals surface area contributed by atoms with Crippen molar-refractivity contribution in [1.29, 1.82) is 0 Å². The second-order valence-electron chi connectivity index (χ2n) is 11.4. The molecule has 0 spiro atoms. The van der Waals surface area contributed by atoms with Gasteiger partial charge in [0.15, 0.2) is 5.78 Å². The quantitative estimate of drug-likeness (QED) is 0.501. The average molecular weight is 478 g/mol. The Kier molecular flexibility index (Phi) is 6.99. The van der Waals surface area contributed by atoms with Gasteiger partial charge in [-0.1, -0.05) is 44.9 Å². The molecule has 2 fully saturated rings. The third kappa shape index (κ3) is 4.96. The third-order valence-corrected chi connectivity index (χ3v) is 8.68. The number of methoxy groups -OCH3 is 2. The summed E-state index contributed by atoms with van der Waals surface area (Å²) >= 11 is 0. The summed E-state index contributed by atoms with van der Waals surface area (Å²) in [6.45, 7) is 8.95. The first kappa shape index (κ1) is 25.3. The Balaban J connectivity index is 1.68. The topological polar surface area (TPSA) is 64.6 Å². The van der Waals surface area contributed by atoms with Crippen LogP contribution in [0.5, 0.6) is 11.5 Å². The van der Waals surface area contributed by atoms with E-state index < -0.39 is 0 Å². The van der Waals surface area contributed by atoms with Crippen molar-refractivity contribution in [3.05, 3.63) is 59.2 Å². The van der Waals surface area contributed by atoms with Crippen LogP contribution in [0.4, 0.5) is 0 Å². The van der Waals surface area contributed by atoms with Crippen molar-refractivity contribution in [3.8, 4) is 11.5 Å². The molecular formula is C30H39NO4. The first-order valence-corrected chi connectivity index (χ1v) is 12.7. The lowest BCUT2D eigenvalue weighted by molar-refractivity contribution is -0.0698. The lowest BCUT2D eigenvalue weighted by atomic mass is 9.47. The zero-order chi connectivity index (χ0) is 25.4. The summed E-state index contributed by atoms with van der Waals surface area (Å²) in [7, 11) is 3.20. The highest BCUT2D eigenvalue weighted by Gasteiger charge is 2.56. The Morgan fingerprint density at radius 3 is 2.23 bits per heavy atom. The highest BCUT2D eigenvalue weighted by molar-refractivity contribution is 5.99. The molecule has 0 radical (unpaired) electrons. The zero-order valence-corrected chi connectivity index (χ0v) is 21.9. The number of amides is 1. The molecule has 2 saturated carbocycles. The van der Waals surface area contributed by atoms with E-state index >= 15 is 0 Å². The fourth-order valence-corrected chi connectivity index (χ4v) is 6.84. The molecule has 0 heterocycles. The zero-order valence-electron chi connectivity index (χ0n) is 21.9. The van der Waals surface area contributed by atoms with Crippen LogP contribution in [-0.2, 0) is 0 Å². The van der Waals surface area contributed by atoms with Crippen LogP contribution in [0.1, 0.15) is 79.2 Å². The number of hydrogen-bond acceptors (Lipinski definition) is 4. The molecule has 4 rings (SSSR count). The predicted molar refractivity (Wildman–Crippen MR) is 138 cm³/mol. The summed E-state index contributed by atoms with van der Waals surface area (Å²) in [6.07, 6.45) is 4.81. The number of benzene rings is 2. The van der Waals surface area contributed by atoms with Crippen LogP contribution in [0.25, 0.3) is 0 Å². The van der Waals surface area contributed by atoms with E-state index in [1.54, 1.807) is 20.3 Å². The first-order valence-electron chi connectivity index (χ1n) is 12.7. The van der Waals surface area contributed by atoms with Crippen LogP contribution in [0, 0.1) is 29.6 Å². The van der Waals surface area contributed by atoms with Crippen LogP contribution in [-0.4, -0.2) is 32.0 Å². The highest BCUT2D eigenvalue weighted by Crippen LogP contribution is 2.60. The largest absolute Gasteiger partial charge is 0.497 e. The van der Waals surface area contributed by atoms with Gasteiger partial charge in [0.25, 0.3) is 5.91 Å². The summed E-state index contributed by atoms with van der Waals surface area (Å²) in [5.74, 6) is 1.41. The number of Topliss-reactive ketones (excluding diaryl/α,β-unsaturated/α-hetero) is 1. The monoisotopic (exact) mass is 477 g/mol. The van der Waals surface area contributed by atoms with E-state index in [9.17, 15) is 9.59 Å². The van der Waals surface area contributed by atoms with Crippen molar-refractivity contribution in [2.24, 2.45) is 22.7 Å².